The van der Waals surface area contributed by atoms with Gasteiger partial charge < -0.3 is 10.6 Å². The van der Waals surface area contributed by atoms with Crippen molar-refractivity contribution < 1.29 is 0 Å². The van der Waals surface area contributed by atoms with E-state index in [-0.39, 0.29) is 0 Å². The zero-order valence-electron chi connectivity index (χ0n) is 10.5. The lowest BCUT2D eigenvalue weighted by atomic mass is 9.95. The average molecular weight is 212 g/mol. The van der Waals surface area contributed by atoms with Gasteiger partial charge in [-0.2, -0.15) is 0 Å². The maximum absolute atomic E-state index is 6.04. The average Bonchev–Trinajstić information content (AvgIpc) is 2.27. The summed E-state index contributed by atoms with van der Waals surface area (Å²) in [5.74, 6) is 0.946. The van der Waals surface area contributed by atoms with Crippen molar-refractivity contribution >= 4 is 0 Å². The van der Waals surface area contributed by atoms with Gasteiger partial charge in [0.25, 0.3) is 0 Å². The van der Waals surface area contributed by atoms with E-state index >= 15 is 0 Å². The van der Waals surface area contributed by atoms with Crippen LogP contribution in [0, 0.1) is 5.92 Å². The van der Waals surface area contributed by atoms with Crippen LogP contribution in [0.25, 0.3) is 0 Å². The molecule has 1 aliphatic heterocycles. The lowest BCUT2D eigenvalue weighted by Crippen LogP contribution is -2.38. The Balaban J connectivity index is 2.14. The molecule has 0 amide bonds. The molecule has 2 heteroatoms. The lowest BCUT2D eigenvalue weighted by Gasteiger charge is -2.32. The van der Waals surface area contributed by atoms with Gasteiger partial charge in [-0.1, -0.05) is 26.7 Å². The van der Waals surface area contributed by atoms with Crippen LogP contribution in [0.1, 0.15) is 52.4 Å². The molecule has 0 aliphatic carbocycles. The van der Waals surface area contributed by atoms with E-state index in [0.29, 0.717) is 6.04 Å². The molecule has 0 radical (unpaired) electrons. The van der Waals surface area contributed by atoms with Crippen LogP contribution in [0.15, 0.2) is 0 Å². The highest BCUT2D eigenvalue weighted by molar-refractivity contribution is 4.73. The summed E-state index contributed by atoms with van der Waals surface area (Å²) in [5.41, 5.74) is 6.04. The fourth-order valence-corrected chi connectivity index (χ4v) is 2.55. The Hall–Kier alpha value is -0.0800. The fourth-order valence-electron chi connectivity index (χ4n) is 2.55. The summed E-state index contributed by atoms with van der Waals surface area (Å²) in [6.07, 6.45) is 7.77. The van der Waals surface area contributed by atoms with Crippen LogP contribution in [-0.4, -0.2) is 30.6 Å². The van der Waals surface area contributed by atoms with Gasteiger partial charge in [0, 0.05) is 12.6 Å². The number of hydrogen-bond acceptors (Lipinski definition) is 2. The SMILES string of the molecule is CCCC(N)CCN1CCCC(CC)C1. The maximum atomic E-state index is 6.04. The second-order valence-corrected chi connectivity index (χ2v) is 5.05. The van der Waals surface area contributed by atoms with E-state index in [1.165, 1.54) is 58.2 Å². The summed E-state index contributed by atoms with van der Waals surface area (Å²) >= 11 is 0. The molecule has 1 fully saturated rings. The third kappa shape index (κ3) is 4.98. The predicted octanol–water partition coefficient (Wildman–Crippen LogP) is 2.63. The van der Waals surface area contributed by atoms with E-state index in [4.69, 9.17) is 5.73 Å². The standard InChI is InChI=1S/C13H28N2/c1-3-6-13(14)8-10-15-9-5-7-12(4-2)11-15/h12-13H,3-11,14H2,1-2H3. The van der Waals surface area contributed by atoms with E-state index < -0.39 is 0 Å². The Morgan fingerprint density at radius 1 is 1.33 bits per heavy atom. The van der Waals surface area contributed by atoms with Gasteiger partial charge in [-0.05, 0) is 44.7 Å². The third-order valence-electron chi connectivity index (χ3n) is 3.66. The minimum Gasteiger partial charge on any atom is -0.328 e. The molecule has 0 aromatic heterocycles. The van der Waals surface area contributed by atoms with Crippen molar-refractivity contribution in [2.24, 2.45) is 11.7 Å². The summed E-state index contributed by atoms with van der Waals surface area (Å²) < 4.78 is 0. The van der Waals surface area contributed by atoms with Crippen molar-refractivity contribution in [3.8, 4) is 0 Å². The molecule has 0 saturated carbocycles. The number of rotatable bonds is 6. The van der Waals surface area contributed by atoms with Crippen molar-refractivity contribution in [2.75, 3.05) is 19.6 Å². The zero-order chi connectivity index (χ0) is 11.1. The smallest absolute Gasteiger partial charge is 0.00509 e. The Morgan fingerprint density at radius 2 is 2.13 bits per heavy atom. The molecule has 15 heavy (non-hydrogen) atoms. The van der Waals surface area contributed by atoms with Crippen molar-refractivity contribution in [1.29, 1.82) is 0 Å². The van der Waals surface area contributed by atoms with Gasteiger partial charge >= 0.3 is 0 Å². The number of nitrogens with two attached hydrogens (primary N) is 1. The van der Waals surface area contributed by atoms with Gasteiger partial charge in [0.2, 0.25) is 0 Å². The predicted molar refractivity (Wildman–Crippen MR) is 67.0 cm³/mol. The highest BCUT2D eigenvalue weighted by Crippen LogP contribution is 2.19. The van der Waals surface area contributed by atoms with Gasteiger partial charge in [-0.25, -0.2) is 0 Å². The van der Waals surface area contributed by atoms with E-state index in [9.17, 15) is 0 Å². The van der Waals surface area contributed by atoms with E-state index in [1.807, 2.05) is 0 Å². The van der Waals surface area contributed by atoms with Crippen LogP contribution >= 0.6 is 0 Å². The van der Waals surface area contributed by atoms with Crippen LogP contribution in [0.4, 0.5) is 0 Å². The lowest BCUT2D eigenvalue weighted by molar-refractivity contribution is 0.166. The van der Waals surface area contributed by atoms with Crippen LogP contribution in [-0.2, 0) is 0 Å². The van der Waals surface area contributed by atoms with Crippen molar-refractivity contribution in [1.82, 2.24) is 4.90 Å². The first-order chi connectivity index (χ1) is 7.26. The van der Waals surface area contributed by atoms with Gasteiger partial charge in [-0.15, -0.1) is 0 Å². The van der Waals surface area contributed by atoms with Crippen LogP contribution < -0.4 is 5.73 Å². The zero-order valence-corrected chi connectivity index (χ0v) is 10.5. The molecule has 0 aromatic rings. The second kappa shape index (κ2) is 7.24. The van der Waals surface area contributed by atoms with Gasteiger partial charge in [0.05, 0.1) is 0 Å². The van der Waals surface area contributed by atoms with E-state index in [2.05, 4.69) is 18.7 Å². The number of nitrogens with zero attached hydrogens (tertiary/aromatic N) is 1. The van der Waals surface area contributed by atoms with Crippen LogP contribution in [0.5, 0.6) is 0 Å². The van der Waals surface area contributed by atoms with Gasteiger partial charge in [0.15, 0.2) is 0 Å². The normalized spacial score (nSPS) is 25.4. The molecule has 2 atom stereocenters. The largest absolute Gasteiger partial charge is 0.328 e. The third-order valence-corrected chi connectivity index (χ3v) is 3.66. The number of hydrogen-bond donors (Lipinski definition) is 1. The Bertz CT molecular complexity index is 159. The first-order valence-electron chi connectivity index (χ1n) is 6.74. The van der Waals surface area contributed by atoms with Gasteiger partial charge in [-0.3, -0.25) is 0 Å². The van der Waals surface area contributed by atoms with Crippen molar-refractivity contribution in [2.45, 2.75) is 58.4 Å². The minimum atomic E-state index is 0.428. The molecule has 90 valence electrons. The fraction of sp³-hybridized carbons (Fsp3) is 1.00. The molecule has 0 spiro atoms. The van der Waals surface area contributed by atoms with Gasteiger partial charge in [0.1, 0.15) is 0 Å². The molecular formula is C13H28N2. The van der Waals surface area contributed by atoms with Crippen LogP contribution in [0.2, 0.25) is 0 Å². The molecule has 2 nitrogen and oxygen atoms in total. The van der Waals surface area contributed by atoms with E-state index in [1.54, 1.807) is 0 Å². The molecule has 1 saturated heterocycles. The maximum Gasteiger partial charge on any atom is 0.00509 e. The molecule has 2 unspecified atom stereocenters. The number of piperidine rings is 1. The molecular weight excluding hydrogens is 184 g/mol. The molecule has 1 aliphatic rings. The van der Waals surface area contributed by atoms with Crippen molar-refractivity contribution in [3.05, 3.63) is 0 Å². The Morgan fingerprint density at radius 3 is 2.80 bits per heavy atom. The second-order valence-electron chi connectivity index (χ2n) is 5.05. The summed E-state index contributed by atoms with van der Waals surface area (Å²) in [5, 5.41) is 0. The molecule has 2 N–H and O–H groups in total. The van der Waals surface area contributed by atoms with E-state index in [0.717, 1.165) is 5.92 Å². The summed E-state index contributed by atoms with van der Waals surface area (Å²) in [6, 6.07) is 0.428. The first-order valence-corrected chi connectivity index (χ1v) is 6.74. The summed E-state index contributed by atoms with van der Waals surface area (Å²) in [4.78, 5) is 2.62. The highest BCUT2D eigenvalue weighted by Gasteiger charge is 2.18. The Kier molecular flexibility index (Phi) is 6.26. The molecule has 0 bridgehead atoms. The van der Waals surface area contributed by atoms with Crippen LogP contribution in [0.3, 0.4) is 0 Å². The quantitative estimate of drug-likeness (QED) is 0.733. The summed E-state index contributed by atoms with van der Waals surface area (Å²) in [7, 11) is 0. The first kappa shape index (κ1) is 13.0. The Labute approximate surface area is 95.2 Å². The molecule has 0 aromatic carbocycles. The highest BCUT2D eigenvalue weighted by atomic mass is 15.1. The number of likely N-dealkylation sites (tertiary alicyclic amines) is 1. The topological polar surface area (TPSA) is 29.3 Å². The monoisotopic (exact) mass is 212 g/mol. The molecule has 1 rings (SSSR count). The molecule has 1 heterocycles. The van der Waals surface area contributed by atoms with Crippen molar-refractivity contribution in [3.63, 3.8) is 0 Å². The summed E-state index contributed by atoms with van der Waals surface area (Å²) in [6.45, 7) is 8.37. The minimum absolute atomic E-state index is 0.428.